The molecule has 0 spiro atoms. The van der Waals surface area contributed by atoms with Crippen molar-refractivity contribution >= 4 is 32.8 Å². The number of imidazole rings is 1. The van der Waals surface area contributed by atoms with E-state index in [2.05, 4.69) is 196 Å². The van der Waals surface area contributed by atoms with Crippen LogP contribution in [0.2, 0.25) is 0 Å². The Morgan fingerprint density at radius 2 is 1.42 bits per heavy atom. The number of pyridine rings is 1. The smallest absolute Gasteiger partial charge is 0.268 e. The fourth-order valence-corrected chi connectivity index (χ4v) is 9.54. The van der Waals surface area contributed by atoms with Crippen LogP contribution in [-0.4, -0.2) is 14.1 Å². The molecule has 0 aliphatic heterocycles. The number of fused-ring (bicyclic) bond motifs is 5. The van der Waals surface area contributed by atoms with Crippen molar-refractivity contribution in [1.82, 2.24) is 14.1 Å². The van der Waals surface area contributed by atoms with Gasteiger partial charge in [0.2, 0.25) is 0 Å². The van der Waals surface area contributed by atoms with Crippen LogP contribution in [0.5, 0.6) is 11.5 Å². The molecular weight excluding hydrogens is 904 g/mol. The van der Waals surface area contributed by atoms with E-state index < -0.39 is 0 Å². The minimum Gasteiger partial charge on any atom is -0.510 e. The molecule has 0 saturated carbocycles. The quantitative estimate of drug-likeness (QED) is 0.123. The van der Waals surface area contributed by atoms with E-state index in [-0.39, 0.29) is 37.3 Å². The number of nitrogens with zero attached hydrogens (tertiary/aromatic N) is 4. The molecule has 10 rings (SSSR count). The van der Waals surface area contributed by atoms with Crippen molar-refractivity contribution in [2.45, 2.75) is 71.1 Å². The zero-order chi connectivity index (χ0) is 40.0. The number of ether oxygens (including phenoxy) is 1. The third-order valence-electron chi connectivity index (χ3n) is 12.0. The van der Waals surface area contributed by atoms with Crippen molar-refractivity contribution in [1.29, 1.82) is 0 Å². The summed E-state index contributed by atoms with van der Waals surface area (Å²) < 4.78 is 13.2. The molecule has 0 N–H and O–H groups in total. The number of para-hydroxylation sites is 3. The second-order valence-corrected chi connectivity index (χ2v) is 18.0. The Balaban J connectivity index is 0.00000449. The molecule has 59 heavy (non-hydrogen) atoms. The second-order valence-electron chi connectivity index (χ2n) is 18.0. The SMILES string of the molecule is CC(C)(C)c1ccnc(-n2c3[c-]c(Oc4[c-]c(-n5[c-][n+](-c6c(-c7ccccc7)ccc7c6C(C)(C)CC7(C)C)c6ccccc65)ccc4)ccc3c3ccccc32)c1.[Pt]. The maximum atomic E-state index is 6.63. The molecule has 1 aliphatic carbocycles. The van der Waals surface area contributed by atoms with E-state index in [1.54, 1.807) is 0 Å². The molecule has 0 atom stereocenters. The van der Waals surface area contributed by atoms with Crippen LogP contribution in [0.4, 0.5) is 0 Å². The standard InChI is InChI=1S/C53H46N4O.Pt/c1-51(2,3)36-28-29-54-48(30-36)57-44-21-12-11-20-41(44)42-25-24-39(32-47(42)57)58-38-19-15-18-37(31-38)55-34-56(46-23-14-13-22-45(46)55)50-40(35-16-9-8-10-17-35)26-27-43-49(50)53(6,7)33-52(43,4)5;/h8-30H,33H2,1-7H3;/q-2;. The van der Waals surface area contributed by atoms with Gasteiger partial charge in [-0.05, 0) is 79.8 Å². The van der Waals surface area contributed by atoms with Crippen LogP contribution in [0.15, 0.2) is 140 Å². The van der Waals surface area contributed by atoms with Crippen molar-refractivity contribution in [3.05, 3.63) is 175 Å². The first-order valence-electron chi connectivity index (χ1n) is 20.2. The largest absolute Gasteiger partial charge is 0.510 e. The minimum absolute atomic E-state index is 0. The maximum absolute atomic E-state index is 6.63. The van der Waals surface area contributed by atoms with Crippen LogP contribution in [-0.2, 0) is 37.3 Å². The fraction of sp³-hybridized carbons (Fsp3) is 0.208. The van der Waals surface area contributed by atoms with Crippen LogP contribution in [0, 0.1) is 18.5 Å². The van der Waals surface area contributed by atoms with Gasteiger partial charge >= 0.3 is 0 Å². The summed E-state index contributed by atoms with van der Waals surface area (Å²) in [6, 6.07) is 54.1. The van der Waals surface area contributed by atoms with Crippen molar-refractivity contribution in [3.8, 4) is 39.8 Å². The zero-order valence-electron chi connectivity index (χ0n) is 34.5. The molecule has 296 valence electrons. The third-order valence-corrected chi connectivity index (χ3v) is 12.0. The van der Waals surface area contributed by atoms with Gasteiger partial charge in [0.1, 0.15) is 5.82 Å². The topological polar surface area (TPSA) is 35.9 Å². The number of aromatic nitrogens is 4. The van der Waals surface area contributed by atoms with E-state index in [4.69, 9.17) is 9.72 Å². The van der Waals surface area contributed by atoms with Gasteiger partial charge in [-0.3, -0.25) is 4.57 Å². The molecule has 3 heterocycles. The number of rotatable bonds is 6. The average Bonchev–Trinajstić information content (AvgIpc) is 3.82. The van der Waals surface area contributed by atoms with E-state index in [0.29, 0.717) is 11.5 Å². The van der Waals surface area contributed by atoms with Gasteiger partial charge in [0.15, 0.2) is 0 Å². The van der Waals surface area contributed by atoms with E-state index in [1.165, 1.54) is 33.5 Å². The van der Waals surface area contributed by atoms with Gasteiger partial charge in [0.25, 0.3) is 6.33 Å². The normalized spacial score (nSPS) is 14.4. The van der Waals surface area contributed by atoms with E-state index in [1.807, 2.05) is 24.4 Å². The zero-order valence-corrected chi connectivity index (χ0v) is 36.8. The van der Waals surface area contributed by atoms with Gasteiger partial charge in [-0.2, -0.15) is 18.2 Å². The first-order valence-corrected chi connectivity index (χ1v) is 20.2. The van der Waals surface area contributed by atoms with Crippen LogP contribution < -0.4 is 9.30 Å². The van der Waals surface area contributed by atoms with Gasteiger partial charge in [-0.15, -0.1) is 29.7 Å². The van der Waals surface area contributed by atoms with Crippen molar-refractivity contribution in [3.63, 3.8) is 0 Å². The number of benzene rings is 6. The number of hydrogen-bond acceptors (Lipinski definition) is 2. The second kappa shape index (κ2) is 14.2. The van der Waals surface area contributed by atoms with Crippen LogP contribution in [0.1, 0.15) is 71.6 Å². The van der Waals surface area contributed by atoms with Crippen molar-refractivity contribution < 1.29 is 30.4 Å². The molecule has 6 heteroatoms. The van der Waals surface area contributed by atoms with Crippen LogP contribution >= 0.6 is 0 Å². The summed E-state index contributed by atoms with van der Waals surface area (Å²) in [4.78, 5) is 4.85. The molecule has 0 radical (unpaired) electrons. The van der Waals surface area contributed by atoms with Crippen LogP contribution in [0.25, 0.3) is 61.2 Å². The Labute approximate surface area is 361 Å². The van der Waals surface area contributed by atoms with E-state index in [9.17, 15) is 0 Å². The Hall–Kier alpha value is -5.77. The summed E-state index contributed by atoms with van der Waals surface area (Å²) in [5.74, 6) is 2.05. The molecule has 9 aromatic rings. The predicted octanol–water partition coefficient (Wildman–Crippen LogP) is 12.5. The number of hydrogen-bond donors (Lipinski definition) is 0. The Morgan fingerprint density at radius 1 is 0.695 bits per heavy atom. The molecule has 0 fully saturated rings. The molecule has 0 amide bonds. The van der Waals surface area contributed by atoms with Gasteiger partial charge in [0.05, 0.1) is 16.7 Å². The molecule has 0 bridgehead atoms. The summed E-state index contributed by atoms with van der Waals surface area (Å²) in [5.41, 5.74) is 12.5. The van der Waals surface area contributed by atoms with Gasteiger partial charge in [-0.1, -0.05) is 139 Å². The van der Waals surface area contributed by atoms with Gasteiger partial charge in [-0.25, -0.2) is 4.98 Å². The summed E-state index contributed by atoms with van der Waals surface area (Å²) in [6.07, 6.45) is 6.79. The van der Waals surface area contributed by atoms with E-state index in [0.717, 1.165) is 50.8 Å². The maximum Gasteiger partial charge on any atom is 0.268 e. The Kier molecular flexibility index (Phi) is 9.33. The summed E-state index contributed by atoms with van der Waals surface area (Å²) >= 11 is 0. The Bertz CT molecular complexity index is 3060. The molecule has 5 nitrogen and oxygen atoms in total. The molecule has 6 aromatic carbocycles. The molecule has 0 unspecified atom stereocenters. The van der Waals surface area contributed by atoms with Gasteiger partial charge < -0.3 is 13.9 Å². The van der Waals surface area contributed by atoms with Crippen molar-refractivity contribution in [2.24, 2.45) is 0 Å². The summed E-state index contributed by atoms with van der Waals surface area (Å²) in [7, 11) is 0. The fourth-order valence-electron chi connectivity index (χ4n) is 9.54. The molecule has 0 saturated heterocycles. The molecular formula is C53H46N4OPt-2. The average molecular weight is 950 g/mol. The summed E-state index contributed by atoms with van der Waals surface area (Å²) in [5, 5.41) is 2.24. The molecule has 1 aliphatic rings. The summed E-state index contributed by atoms with van der Waals surface area (Å²) in [6.45, 7) is 16.2. The van der Waals surface area contributed by atoms with Crippen LogP contribution in [0.3, 0.4) is 0 Å². The predicted molar refractivity (Wildman–Crippen MR) is 235 cm³/mol. The minimum atomic E-state index is -0.0440. The van der Waals surface area contributed by atoms with Crippen molar-refractivity contribution in [2.75, 3.05) is 0 Å². The monoisotopic (exact) mass is 949 g/mol. The third kappa shape index (κ3) is 6.51. The first-order chi connectivity index (χ1) is 27.9. The van der Waals surface area contributed by atoms with Gasteiger partial charge in [0, 0.05) is 44.3 Å². The first kappa shape index (κ1) is 38.7. The Morgan fingerprint density at radius 3 is 2.22 bits per heavy atom. The molecule has 3 aromatic heterocycles. The van der Waals surface area contributed by atoms with E-state index >= 15 is 0 Å².